The number of hydrazone groups is 1. The van der Waals surface area contributed by atoms with Crippen LogP contribution in [0.4, 0.5) is 0 Å². The fraction of sp³-hybridized carbons (Fsp3) is 0.167. The highest BCUT2D eigenvalue weighted by Gasteiger charge is 2.12. The van der Waals surface area contributed by atoms with Crippen molar-refractivity contribution in [1.29, 1.82) is 0 Å². The van der Waals surface area contributed by atoms with Gasteiger partial charge < -0.3 is 9.30 Å². The minimum Gasteiger partial charge on any atom is -0.494 e. The van der Waals surface area contributed by atoms with Crippen molar-refractivity contribution in [2.24, 2.45) is 5.10 Å². The summed E-state index contributed by atoms with van der Waals surface area (Å²) in [5.74, 6) is 0.701. The predicted octanol–water partition coefficient (Wildman–Crippen LogP) is 5.94. The van der Waals surface area contributed by atoms with E-state index < -0.39 is 0 Å². The molecule has 158 valence electrons. The van der Waals surface area contributed by atoms with Crippen molar-refractivity contribution in [1.82, 2.24) is 9.99 Å². The van der Waals surface area contributed by atoms with E-state index in [0.717, 1.165) is 22.3 Å². The van der Waals surface area contributed by atoms with Gasteiger partial charge in [0.2, 0.25) is 5.91 Å². The molecule has 4 aromatic rings. The lowest BCUT2D eigenvalue weighted by Gasteiger charge is -2.07. The Kier molecular flexibility index (Phi) is 7.11. The summed E-state index contributed by atoms with van der Waals surface area (Å²) in [6.45, 7) is 3.17. The monoisotopic (exact) mass is 637 g/mol. The summed E-state index contributed by atoms with van der Waals surface area (Å²) in [7, 11) is 0. The Morgan fingerprint density at radius 3 is 2.19 bits per heavy atom. The zero-order chi connectivity index (χ0) is 21.8. The molecule has 0 aliphatic rings. The number of amides is 1. The first-order chi connectivity index (χ1) is 15.0. The van der Waals surface area contributed by atoms with Crippen LogP contribution in [0.3, 0.4) is 0 Å². The molecule has 0 atom stereocenters. The molecule has 3 aromatic carbocycles. The second-order valence-electron chi connectivity index (χ2n) is 7.02. The molecule has 5 nitrogen and oxygen atoms in total. The number of carbonyl (C=O) groups is 1. The Morgan fingerprint density at radius 2 is 1.61 bits per heavy atom. The highest BCUT2D eigenvalue weighted by Crippen LogP contribution is 2.31. The largest absolute Gasteiger partial charge is 0.494 e. The zero-order valence-corrected chi connectivity index (χ0v) is 21.3. The first kappa shape index (κ1) is 22.1. The van der Waals surface area contributed by atoms with Crippen LogP contribution in [0, 0.1) is 7.14 Å². The van der Waals surface area contributed by atoms with Crippen molar-refractivity contribution in [3.63, 3.8) is 0 Å². The van der Waals surface area contributed by atoms with E-state index in [1.165, 1.54) is 17.9 Å². The van der Waals surface area contributed by atoms with E-state index in [1.807, 2.05) is 31.2 Å². The van der Waals surface area contributed by atoms with Crippen molar-refractivity contribution in [2.75, 3.05) is 6.61 Å². The summed E-state index contributed by atoms with van der Waals surface area (Å²) in [5, 5.41) is 6.52. The Labute approximate surface area is 208 Å². The van der Waals surface area contributed by atoms with Crippen molar-refractivity contribution < 1.29 is 9.53 Å². The third-order valence-corrected chi connectivity index (χ3v) is 6.29. The maximum absolute atomic E-state index is 12.4. The van der Waals surface area contributed by atoms with Gasteiger partial charge in [0.15, 0.2) is 0 Å². The summed E-state index contributed by atoms with van der Waals surface area (Å²) in [4.78, 5) is 12.4. The molecule has 1 heterocycles. The zero-order valence-electron chi connectivity index (χ0n) is 16.9. The SMILES string of the molecule is CCOc1ccc(C=NNC(=O)CCn2c3ccc(I)cc3c3cc(I)ccc32)cc1. The van der Waals surface area contributed by atoms with E-state index in [2.05, 4.69) is 96.7 Å². The molecule has 31 heavy (non-hydrogen) atoms. The average molecular weight is 637 g/mol. The van der Waals surface area contributed by atoms with Gasteiger partial charge in [-0.1, -0.05) is 0 Å². The second-order valence-corrected chi connectivity index (χ2v) is 9.51. The molecule has 1 aromatic heterocycles. The maximum Gasteiger partial charge on any atom is 0.241 e. The van der Waals surface area contributed by atoms with Crippen LogP contribution in [-0.2, 0) is 11.3 Å². The molecule has 4 rings (SSSR count). The van der Waals surface area contributed by atoms with E-state index in [9.17, 15) is 4.79 Å². The minimum absolute atomic E-state index is 0.117. The van der Waals surface area contributed by atoms with Crippen LogP contribution in [0.15, 0.2) is 65.8 Å². The number of benzene rings is 3. The first-order valence-corrected chi connectivity index (χ1v) is 12.1. The number of nitrogens with one attached hydrogen (secondary N) is 1. The molecule has 1 amide bonds. The fourth-order valence-corrected chi connectivity index (χ4v) is 4.54. The van der Waals surface area contributed by atoms with Crippen LogP contribution in [-0.4, -0.2) is 23.3 Å². The lowest BCUT2D eigenvalue weighted by atomic mass is 10.2. The Balaban J connectivity index is 1.45. The standard InChI is InChI=1S/C24H21I2N3O2/c1-2-31-19-7-3-16(4-8-19)15-27-28-24(30)11-12-29-22-9-5-17(25)13-20(22)21-14-18(26)6-10-23(21)29/h3-10,13-15H,2,11-12H2,1H3,(H,28,30). The minimum atomic E-state index is -0.117. The molecule has 0 radical (unpaired) electrons. The van der Waals surface area contributed by atoms with Crippen LogP contribution in [0.1, 0.15) is 18.9 Å². The number of carbonyl (C=O) groups excluding carboxylic acids is 1. The maximum atomic E-state index is 12.4. The van der Waals surface area contributed by atoms with Gasteiger partial charge in [-0.15, -0.1) is 0 Å². The Bertz CT molecular complexity index is 1200. The molecule has 0 aliphatic carbocycles. The molecule has 0 saturated carbocycles. The third kappa shape index (κ3) is 5.20. The van der Waals surface area contributed by atoms with E-state index in [0.29, 0.717) is 19.6 Å². The quantitative estimate of drug-likeness (QED) is 0.155. The van der Waals surface area contributed by atoms with Crippen LogP contribution in [0.25, 0.3) is 21.8 Å². The summed E-state index contributed by atoms with van der Waals surface area (Å²) < 4.78 is 10.0. The topological polar surface area (TPSA) is 55.6 Å². The highest BCUT2D eigenvalue weighted by molar-refractivity contribution is 14.1. The van der Waals surface area contributed by atoms with E-state index in [4.69, 9.17) is 4.74 Å². The van der Waals surface area contributed by atoms with Gasteiger partial charge in [-0.3, -0.25) is 4.79 Å². The molecule has 0 bridgehead atoms. The Morgan fingerprint density at radius 1 is 1.00 bits per heavy atom. The summed E-state index contributed by atoms with van der Waals surface area (Å²) in [6, 6.07) is 20.4. The third-order valence-electron chi connectivity index (χ3n) is 4.95. The molecule has 1 N–H and O–H groups in total. The first-order valence-electron chi connectivity index (χ1n) is 9.97. The van der Waals surface area contributed by atoms with Crippen LogP contribution in [0.5, 0.6) is 5.75 Å². The van der Waals surface area contributed by atoms with Crippen LogP contribution in [0.2, 0.25) is 0 Å². The van der Waals surface area contributed by atoms with Gasteiger partial charge in [-0.2, -0.15) is 5.10 Å². The van der Waals surface area contributed by atoms with Gasteiger partial charge in [-0.25, -0.2) is 5.43 Å². The number of ether oxygens (including phenoxy) is 1. The summed E-state index contributed by atoms with van der Waals surface area (Å²) in [6.07, 6.45) is 1.98. The van der Waals surface area contributed by atoms with Gasteiger partial charge in [0.1, 0.15) is 5.75 Å². The number of nitrogens with zero attached hydrogens (tertiary/aromatic N) is 2. The predicted molar refractivity (Wildman–Crippen MR) is 143 cm³/mol. The molecule has 0 fully saturated rings. The molecular formula is C24H21I2N3O2. The number of aromatic nitrogens is 1. The van der Waals surface area contributed by atoms with Gasteiger partial charge in [0.05, 0.1) is 12.8 Å². The van der Waals surface area contributed by atoms with E-state index >= 15 is 0 Å². The van der Waals surface area contributed by atoms with Gasteiger partial charge in [0.25, 0.3) is 0 Å². The second kappa shape index (κ2) is 9.99. The van der Waals surface area contributed by atoms with Gasteiger partial charge in [0, 0.05) is 41.9 Å². The van der Waals surface area contributed by atoms with Crippen molar-refractivity contribution in [3.05, 3.63) is 73.4 Å². The van der Waals surface area contributed by atoms with Gasteiger partial charge >= 0.3 is 0 Å². The van der Waals surface area contributed by atoms with Gasteiger partial charge in [-0.05, 0) is 118 Å². The smallest absolute Gasteiger partial charge is 0.241 e. The lowest BCUT2D eigenvalue weighted by molar-refractivity contribution is -0.121. The van der Waals surface area contributed by atoms with Crippen molar-refractivity contribution >= 4 is 79.1 Å². The summed E-state index contributed by atoms with van der Waals surface area (Å²) in [5.41, 5.74) is 5.81. The highest BCUT2D eigenvalue weighted by atomic mass is 127. The molecule has 7 heteroatoms. The number of halogens is 2. The molecule has 0 saturated heterocycles. The van der Waals surface area contributed by atoms with Crippen molar-refractivity contribution in [2.45, 2.75) is 19.9 Å². The Hall–Kier alpha value is -2.14. The van der Waals surface area contributed by atoms with E-state index in [1.54, 1.807) is 6.21 Å². The molecule has 0 aliphatic heterocycles. The number of fused-ring (bicyclic) bond motifs is 3. The molecule has 0 unspecified atom stereocenters. The summed E-state index contributed by atoms with van der Waals surface area (Å²) >= 11 is 4.68. The van der Waals surface area contributed by atoms with Crippen molar-refractivity contribution in [3.8, 4) is 5.75 Å². The van der Waals surface area contributed by atoms with Crippen LogP contribution < -0.4 is 10.2 Å². The fourth-order valence-electron chi connectivity index (χ4n) is 3.55. The lowest BCUT2D eigenvalue weighted by Crippen LogP contribution is -2.19. The normalized spacial score (nSPS) is 11.5. The number of rotatable bonds is 7. The van der Waals surface area contributed by atoms with E-state index in [-0.39, 0.29) is 5.91 Å². The number of hydrogen-bond acceptors (Lipinski definition) is 3. The number of hydrogen-bond donors (Lipinski definition) is 1. The van der Waals surface area contributed by atoms with Crippen LogP contribution >= 0.6 is 45.2 Å². The average Bonchev–Trinajstić information content (AvgIpc) is 3.06. The molecule has 0 spiro atoms. The number of aryl methyl sites for hydroxylation is 1. The molecular weight excluding hydrogens is 616 g/mol.